The molecule has 17 heavy (non-hydrogen) atoms. The van der Waals surface area contributed by atoms with Crippen molar-refractivity contribution >= 4 is 28.2 Å². The molecule has 96 valence electrons. The first-order valence-corrected chi connectivity index (χ1v) is 6.10. The molecule has 0 unspecified atom stereocenters. The van der Waals surface area contributed by atoms with Crippen LogP contribution in [0.15, 0.2) is 0 Å². The standard InChI is InChI=1S/C10H19N5OS/c1-14(2)6-5-12-9(16)7-8(11)13-10(17-7)15(3)4/h5-6,11H2,1-4H3,(H,12,16). The second-order valence-corrected chi connectivity index (χ2v) is 5.14. The number of nitrogens with one attached hydrogen (secondary N) is 1. The van der Waals surface area contributed by atoms with E-state index in [1.165, 1.54) is 11.3 Å². The van der Waals surface area contributed by atoms with Gasteiger partial charge in [-0.3, -0.25) is 4.79 Å². The van der Waals surface area contributed by atoms with Crippen LogP contribution in [0.1, 0.15) is 9.67 Å². The van der Waals surface area contributed by atoms with Crippen LogP contribution in [0.2, 0.25) is 0 Å². The van der Waals surface area contributed by atoms with Gasteiger partial charge in [0.05, 0.1) is 0 Å². The molecule has 7 heteroatoms. The van der Waals surface area contributed by atoms with Gasteiger partial charge in [0.2, 0.25) is 0 Å². The summed E-state index contributed by atoms with van der Waals surface area (Å²) in [6.45, 7) is 1.39. The second-order valence-electron chi connectivity index (χ2n) is 4.16. The first kappa shape index (κ1) is 13.7. The van der Waals surface area contributed by atoms with Crippen molar-refractivity contribution in [1.29, 1.82) is 0 Å². The Hall–Kier alpha value is -1.34. The number of nitrogens with two attached hydrogens (primary N) is 1. The number of amides is 1. The molecule has 0 bridgehead atoms. The number of anilines is 2. The average Bonchev–Trinajstić information content (AvgIpc) is 2.59. The molecular weight excluding hydrogens is 238 g/mol. The fraction of sp³-hybridized carbons (Fsp3) is 0.600. The highest BCUT2D eigenvalue weighted by Gasteiger charge is 2.16. The minimum atomic E-state index is -0.157. The summed E-state index contributed by atoms with van der Waals surface area (Å²) in [6, 6.07) is 0. The molecule has 3 N–H and O–H groups in total. The van der Waals surface area contributed by atoms with Gasteiger partial charge in [0, 0.05) is 27.2 Å². The van der Waals surface area contributed by atoms with Crippen LogP contribution in [0.5, 0.6) is 0 Å². The van der Waals surface area contributed by atoms with E-state index in [1.54, 1.807) is 0 Å². The summed E-state index contributed by atoms with van der Waals surface area (Å²) in [5.74, 6) is 0.135. The monoisotopic (exact) mass is 257 g/mol. The Bertz CT molecular complexity index is 388. The summed E-state index contributed by atoms with van der Waals surface area (Å²) in [6.07, 6.45) is 0. The van der Waals surface area contributed by atoms with E-state index in [2.05, 4.69) is 10.3 Å². The Morgan fingerprint density at radius 2 is 2.06 bits per heavy atom. The molecule has 0 fully saturated rings. The molecule has 0 saturated carbocycles. The van der Waals surface area contributed by atoms with Gasteiger partial charge < -0.3 is 20.9 Å². The SMILES string of the molecule is CN(C)CCNC(=O)c1sc(N(C)C)nc1N. The molecule has 0 atom stereocenters. The van der Waals surface area contributed by atoms with E-state index in [-0.39, 0.29) is 5.91 Å². The van der Waals surface area contributed by atoms with Crippen molar-refractivity contribution in [2.45, 2.75) is 0 Å². The Morgan fingerprint density at radius 1 is 1.41 bits per heavy atom. The molecule has 0 spiro atoms. The van der Waals surface area contributed by atoms with Crippen LogP contribution < -0.4 is 16.0 Å². The van der Waals surface area contributed by atoms with E-state index in [4.69, 9.17) is 5.73 Å². The zero-order chi connectivity index (χ0) is 13.0. The van der Waals surface area contributed by atoms with E-state index in [1.807, 2.05) is 38.0 Å². The maximum Gasteiger partial charge on any atom is 0.265 e. The van der Waals surface area contributed by atoms with Crippen LogP contribution in [0.4, 0.5) is 10.9 Å². The Morgan fingerprint density at radius 3 is 2.53 bits per heavy atom. The molecule has 0 aliphatic heterocycles. The van der Waals surface area contributed by atoms with Crippen LogP contribution in [-0.4, -0.2) is 57.1 Å². The van der Waals surface area contributed by atoms with Gasteiger partial charge in [0.25, 0.3) is 5.91 Å². The second kappa shape index (κ2) is 5.83. The van der Waals surface area contributed by atoms with Crippen molar-refractivity contribution in [3.63, 3.8) is 0 Å². The molecule has 0 aromatic carbocycles. The van der Waals surface area contributed by atoms with Gasteiger partial charge in [-0.05, 0) is 14.1 Å². The van der Waals surface area contributed by atoms with Crippen LogP contribution in [0, 0.1) is 0 Å². The molecule has 0 radical (unpaired) electrons. The molecule has 6 nitrogen and oxygen atoms in total. The van der Waals surface area contributed by atoms with Crippen LogP contribution in [0.25, 0.3) is 0 Å². The number of nitrogens with zero attached hydrogens (tertiary/aromatic N) is 3. The third-order valence-electron chi connectivity index (χ3n) is 2.08. The van der Waals surface area contributed by atoms with Crippen molar-refractivity contribution in [2.75, 3.05) is 51.9 Å². The topological polar surface area (TPSA) is 74.5 Å². The maximum atomic E-state index is 11.8. The normalized spacial score (nSPS) is 10.6. The van der Waals surface area contributed by atoms with Gasteiger partial charge in [-0.2, -0.15) is 0 Å². The van der Waals surface area contributed by atoms with Crippen molar-refractivity contribution in [3.8, 4) is 0 Å². The number of aromatic nitrogens is 1. The molecule has 1 rings (SSSR count). The van der Waals surface area contributed by atoms with Gasteiger partial charge in [0.15, 0.2) is 5.13 Å². The number of nitrogen functional groups attached to an aromatic ring is 1. The lowest BCUT2D eigenvalue weighted by Gasteiger charge is -2.09. The minimum absolute atomic E-state index is 0.157. The zero-order valence-electron chi connectivity index (χ0n) is 10.6. The van der Waals surface area contributed by atoms with E-state index >= 15 is 0 Å². The van der Waals surface area contributed by atoms with Gasteiger partial charge in [0.1, 0.15) is 10.7 Å². The summed E-state index contributed by atoms with van der Waals surface area (Å²) in [4.78, 5) is 20.3. The largest absolute Gasteiger partial charge is 0.382 e. The molecule has 1 amide bonds. The fourth-order valence-corrected chi connectivity index (χ4v) is 1.97. The van der Waals surface area contributed by atoms with Crippen molar-refractivity contribution < 1.29 is 4.79 Å². The van der Waals surface area contributed by atoms with Crippen LogP contribution in [-0.2, 0) is 0 Å². The van der Waals surface area contributed by atoms with Crippen LogP contribution in [0.3, 0.4) is 0 Å². The Labute approximate surface area is 105 Å². The first-order chi connectivity index (χ1) is 7.91. The predicted octanol–water partition coefficient (Wildman–Crippen LogP) is 0.0827. The molecule has 1 aromatic rings. The Balaban J connectivity index is 2.62. The zero-order valence-corrected chi connectivity index (χ0v) is 11.5. The van der Waals surface area contributed by atoms with Crippen molar-refractivity contribution in [2.24, 2.45) is 0 Å². The summed E-state index contributed by atoms with van der Waals surface area (Å²) < 4.78 is 0. The summed E-state index contributed by atoms with van der Waals surface area (Å²) in [5.41, 5.74) is 5.71. The lowest BCUT2D eigenvalue weighted by atomic mass is 10.4. The van der Waals surface area contributed by atoms with Gasteiger partial charge >= 0.3 is 0 Å². The average molecular weight is 257 g/mol. The number of carbonyl (C=O) groups excluding carboxylic acids is 1. The molecule has 0 saturated heterocycles. The third kappa shape index (κ3) is 3.86. The molecule has 1 heterocycles. The van der Waals surface area contributed by atoms with Gasteiger partial charge in [-0.25, -0.2) is 4.98 Å². The summed E-state index contributed by atoms with van der Waals surface area (Å²) in [5, 5.41) is 3.55. The quantitative estimate of drug-likeness (QED) is 0.781. The molecule has 0 aliphatic carbocycles. The number of hydrogen-bond acceptors (Lipinski definition) is 6. The van der Waals surface area contributed by atoms with Crippen molar-refractivity contribution in [3.05, 3.63) is 4.88 Å². The fourth-order valence-electron chi connectivity index (χ4n) is 1.15. The highest BCUT2D eigenvalue weighted by molar-refractivity contribution is 7.18. The van der Waals surface area contributed by atoms with E-state index in [9.17, 15) is 4.79 Å². The van der Waals surface area contributed by atoms with E-state index < -0.39 is 0 Å². The molecular formula is C10H19N5OS. The predicted molar refractivity (Wildman–Crippen MR) is 71.7 cm³/mol. The Kier molecular flexibility index (Phi) is 4.71. The highest BCUT2D eigenvalue weighted by Crippen LogP contribution is 2.26. The first-order valence-electron chi connectivity index (χ1n) is 5.28. The molecule has 1 aromatic heterocycles. The van der Waals surface area contributed by atoms with E-state index in [0.29, 0.717) is 17.2 Å². The number of carbonyl (C=O) groups is 1. The van der Waals surface area contributed by atoms with Crippen molar-refractivity contribution in [1.82, 2.24) is 15.2 Å². The summed E-state index contributed by atoms with van der Waals surface area (Å²) in [7, 11) is 7.65. The van der Waals surface area contributed by atoms with Crippen LogP contribution >= 0.6 is 11.3 Å². The number of rotatable bonds is 5. The third-order valence-corrected chi connectivity index (χ3v) is 3.31. The number of hydrogen-bond donors (Lipinski definition) is 2. The maximum absolute atomic E-state index is 11.8. The van der Waals surface area contributed by atoms with Gasteiger partial charge in [-0.1, -0.05) is 11.3 Å². The van der Waals surface area contributed by atoms with Gasteiger partial charge in [-0.15, -0.1) is 0 Å². The number of likely N-dealkylation sites (N-methyl/N-ethyl adjacent to an activating group) is 1. The lowest BCUT2D eigenvalue weighted by Crippen LogP contribution is -2.31. The summed E-state index contributed by atoms with van der Waals surface area (Å²) >= 11 is 1.30. The number of thiazole rings is 1. The molecule has 0 aliphatic rings. The smallest absolute Gasteiger partial charge is 0.265 e. The lowest BCUT2D eigenvalue weighted by molar-refractivity contribution is 0.0956. The van der Waals surface area contributed by atoms with E-state index in [0.717, 1.165) is 11.7 Å². The highest BCUT2D eigenvalue weighted by atomic mass is 32.1. The minimum Gasteiger partial charge on any atom is -0.382 e.